The van der Waals surface area contributed by atoms with Gasteiger partial charge in [0.1, 0.15) is 5.75 Å². The molecule has 56 heavy (non-hydrogen) atoms. The Bertz CT molecular complexity index is 2510. The number of aromatic nitrogens is 3. The first kappa shape index (κ1) is 36.1. The van der Waals surface area contributed by atoms with Crippen molar-refractivity contribution >= 4 is 87.4 Å². The summed E-state index contributed by atoms with van der Waals surface area (Å²) in [5.74, 6) is -0.414. The highest BCUT2D eigenvalue weighted by Gasteiger charge is 2.27. The molecule has 0 spiro atoms. The Morgan fingerprint density at radius 1 is 0.786 bits per heavy atom. The maximum absolute atomic E-state index is 13.5. The zero-order valence-corrected chi connectivity index (χ0v) is 33.2. The van der Waals surface area contributed by atoms with E-state index in [4.69, 9.17) is 9.72 Å². The van der Waals surface area contributed by atoms with Crippen LogP contribution >= 0.6 is 34.0 Å². The molecule has 0 radical (unpaired) electrons. The van der Waals surface area contributed by atoms with Gasteiger partial charge in [-0.2, -0.15) is 0 Å². The Kier molecular flexibility index (Phi) is 10.0. The van der Waals surface area contributed by atoms with Gasteiger partial charge < -0.3 is 24.5 Å². The minimum absolute atomic E-state index is 0.0847. The summed E-state index contributed by atoms with van der Waals surface area (Å²) in [6.07, 6.45) is 1.91. The molecular weight excluding hydrogens is 763 g/mol. The van der Waals surface area contributed by atoms with E-state index in [-0.39, 0.29) is 11.6 Å². The Morgan fingerprint density at radius 3 is 2.27 bits per heavy atom. The van der Waals surface area contributed by atoms with Gasteiger partial charge in [-0.25, -0.2) is 19.7 Å². The van der Waals surface area contributed by atoms with Gasteiger partial charge in [-0.05, 0) is 91.4 Å². The molecule has 1 saturated heterocycles. The van der Waals surface area contributed by atoms with Crippen molar-refractivity contribution in [3.8, 4) is 5.75 Å². The van der Waals surface area contributed by atoms with Crippen molar-refractivity contribution in [1.82, 2.24) is 15.0 Å². The van der Waals surface area contributed by atoms with Crippen molar-refractivity contribution in [3.63, 3.8) is 0 Å². The summed E-state index contributed by atoms with van der Waals surface area (Å²) < 4.78 is 8.45. The second-order valence-corrected chi connectivity index (χ2v) is 17.1. The number of carbonyl (C=O) groups is 2. The number of hydrogen-bond donors (Lipinski definition) is 2. The van der Waals surface area contributed by atoms with E-state index in [1.54, 1.807) is 11.3 Å². The molecule has 0 aliphatic carbocycles. The number of carboxylic acid groups (broad SMARTS) is 1. The van der Waals surface area contributed by atoms with Crippen molar-refractivity contribution in [2.24, 2.45) is 0 Å². The van der Waals surface area contributed by atoms with Gasteiger partial charge in [0, 0.05) is 55.4 Å². The standard InChI is InChI=1S/C42H39N7O4S3/c1-26-24-28(47-19-21-48(22-20-47)41-44-32-11-3-5-13-35(32)55-41)15-16-33(26)53-23-7-14-36-37(39(51)52)45-42(56-36)49-18-17-27-8-6-9-29(30(27)25-49)38(50)46-40-43-31-10-2-4-12-34(31)54-40/h2-6,8-13,15-16,24H,7,14,17-23,25H2,1H3,(H,51,52)(H,43,46,50). The van der Waals surface area contributed by atoms with E-state index in [2.05, 4.69) is 73.3 Å². The van der Waals surface area contributed by atoms with Gasteiger partial charge in [0.15, 0.2) is 21.1 Å². The van der Waals surface area contributed by atoms with Crippen LogP contribution in [0.4, 0.5) is 21.1 Å². The van der Waals surface area contributed by atoms with Crippen LogP contribution in [-0.4, -0.2) is 71.3 Å². The number of aryl methyl sites for hydroxylation is 2. The van der Waals surface area contributed by atoms with E-state index in [0.717, 1.165) is 80.8 Å². The topological polar surface area (TPSA) is 124 Å². The van der Waals surface area contributed by atoms with E-state index in [0.29, 0.717) is 48.4 Å². The Hall–Kier alpha value is -5.57. The van der Waals surface area contributed by atoms with Crippen molar-refractivity contribution in [3.05, 3.63) is 118 Å². The summed E-state index contributed by atoms with van der Waals surface area (Å²) in [7, 11) is 0. The predicted molar refractivity (Wildman–Crippen MR) is 227 cm³/mol. The molecule has 1 fully saturated rings. The van der Waals surface area contributed by atoms with Crippen LogP contribution in [0.25, 0.3) is 20.4 Å². The smallest absolute Gasteiger partial charge is 0.355 e. The largest absolute Gasteiger partial charge is 0.493 e. The molecule has 14 heteroatoms. The number of aromatic carboxylic acids is 1. The molecule has 0 unspecified atom stereocenters. The third kappa shape index (κ3) is 7.39. The van der Waals surface area contributed by atoms with Gasteiger partial charge >= 0.3 is 5.97 Å². The number of amides is 1. The first-order chi connectivity index (χ1) is 27.4. The monoisotopic (exact) mass is 801 g/mol. The van der Waals surface area contributed by atoms with Gasteiger partial charge in [-0.15, -0.1) is 11.3 Å². The lowest BCUT2D eigenvalue weighted by Gasteiger charge is -2.36. The second-order valence-electron chi connectivity index (χ2n) is 14.0. The third-order valence-electron chi connectivity index (χ3n) is 10.4. The summed E-state index contributed by atoms with van der Waals surface area (Å²) in [6.45, 7) is 7.35. The summed E-state index contributed by atoms with van der Waals surface area (Å²) in [5.41, 5.74) is 6.87. The molecule has 9 rings (SSSR count). The lowest BCUT2D eigenvalue weighted by atomic mass is 9.94. The van der Waals surface area contributed by atoms with Crippen molar-refractivity contribution in [2.45, 2.75) is 32.7 Å². The molecule has 11 nitrogen and oxygen atoms in total. The number of fused-ring (bicyclic) bond motifs is 3. The number of rotatable bonds is 11. The Labute approximate surface area is 335 Å². The Balaban J connectivity index is 0.803. The van der Waals surface area contributed by atoms with Gasteiger partial charge in [0.25, 0.3) is 5.91 Å². The number of thiazole rings is 3. The fourth-order valence-electron chi connectivity index (χ4n) is 7.42. The molecular formula is C42H39N7O4S3. The number of ether oxygens (including phenoxy) is 1. The number of hydrogen-bond acceptors (Lipinski definition) is 12. The number of carbonyl (C=O) groups excluding carboxylic acids is 1. The fourth-order valence-corrected chi connectivity index (χ4v) is 10.4. The number of piperazine rings is 1. The van der Waals surface area contributed by atoms with Gasteiger partial charge in [-0.1, -0.05) is 59.1 Å². The van der Waals surface area contributed by atoms with E-state index in [9.17, 15) is 14.7 Å². The van der Waals surface area contributed by atoms with Crippen molar-refractivity contribution in [1.29, 1.82) is 0 Å². The number of nitrogens with one attached hydrogen (secondary N) is 1. The van der Waals surface area contributed by atoms with Crippen LogP contribution in [0.5, 0.6) is 5.75 Å². The average molecular weight is 802 g/mol. The zero-order valence-electron chi connectivity index (χ0n) is 30.7. The maximum Gasteiger partial charge on any atom is 0.355 e. The minimum Gasteiger partial charge on any atom is -0.493 e. The van der Waals surface area contributed by atoms with E-state index >= 15 is 0 Å². The van der Waals surface area contributed by atoms with Gasteiger partial charge in [0.2, 0.25) is 0 Å². The number of para-hydroxylation sites is 2. The summed E-state index contributed by atoms with van der Waals surface area (Å²) in [5, 5.41) is 15.4. The first-order valence-electron chi connectivity index (χ1n) is 18.7. The van der Waals surface area contributed by atoms with Crippen LogP contribution in [0, 0.1) is 6.92 Å². The van der Waals surface area contributed by atoms with Crippen molar-refractivity contribution in [2.75, 3.05) is 59.3 Å². The number of carboxylic acids is 1. The molecule has 2 N–H and O–H groups in total. The predicted octanol–water partition coefficient (Wildman–Crippen LogP) is 8.52. The van der Waals surface area contributed by atoms with Gasteiger partial charge in [0.05, 0.1) is 27.0 Å². The molecule has 0 bridgehead atoms. The molecule has 0 saturated carbocycles. The van der Waals surface area contributed by atoms with E-state index in [1.807, 2.05) is 48.5 Å². The molecule has 2 aliphatic heterocycles. The normalized spacial score (nSPS) is 14.3. The first-order valence-corrected chi connectivity index (χ1v) is 21.2. The lowest BCUT2D eigenvalue weighted by molar-refractivity contribution is 0.0690. The molecule has 2 aliphatic rings. The molecule has 0 atom stereocenters. The van der Waals surface area contributed by atoms with Gasteiger partial charge in [-0.3, -0.25) is 10.1 Å². The van der Waals surface area contributed by atoms with Crippen LogP contribution in [0.1, 0.15) is 48.8 Å². The molecule has 1 amide bonds. The number of anilines is 4. The summed E-state index contributed by atoms with van der Waals surface area (Å²) in [6, 6.07) is 28.3. The number of nitrogens with zero attached hydrogens (tertiary/aromatic N) is 6. The summed E-state index contributed by atoms with van der Waals surface area (Å²) in [4.78, 5) is 47.4. The van der Waals surface area contributed by atoms with E-state index in [1.165, 1.54) is 33.1 Å². The SMILES string of the molecule is Cc1cc(N2CCN(c3nc4ccccc4s3)CC2)ccc1OCCCc1sc(N2CCc3cccc(C(=O)Nc4nc5ccccc5s4)c3C2)nc1C(=O)O. The zero-order chi connectivity index (χ0) is 38.2. The van der Waals surface area contributed by atoms with Crippen LogP contribution in [-0.2, 0) is 19.4 Å². The van der Waals surface area contributed by atoms with Crippen LogP contribution < -0.4 is 24.8 Å². The third-order valence-corrected chi connectivity index (χ3v) is 13.6. The minimum atomic E-state index is -1.04. The molecule has 5 heterocycles. The molecule has 4 aromatic carbocycles. The van der Waals surface area contributed by atoms with Crippen LogP contribution in [0.2, 0.25) is 0 Å². The van der Waals surface area contributed by atoms with Crippen molar-refractivity contribution < 1.29 is 19.4 Å². The second kappa shape index (κ2) is 15.5. The highest BCUT2D eigenvalue weighted by atomic mass is 32.1. The van der Waals surface area contributed by atoms with Crippen LogP contribution in [0.3, 0.4) is 0 Å². The molecule has 7 aromatic rings. The molecule has 3 aromatic heterocycles. The Morgan fingerprint density at radius 2 is 1.52 bits per heavy atom. The quantitative estimate of drug-likeness (QED) is 0.123. The summed E-state index contributed by atoms with van der Waals surface area (Å²) >= 11 is 4.61. The highest BCUT2D eigenvalue weighted by molar-refractivity contribution is 7.22. The number of benzene rings is 4. The fraction of sp³-hybridized carbons (Fsp3) is 0.262. The average Bonchev–Trinajstić information content (AvgIpc) is 3.96. The highest BCUT2D eigenvalue weighted by Crippen LogP contribution is 2.35. The van der Waals surface area contributed by atoms with Crippen LogP contribution in [0.15, 0.2) is 84.9 Å². The molecule has 284 valence electrons. The van der Waals surface area contributed by atoms with E-state index < -0.39 is 5.97 Å². The lowest BCUT2D eigenvalue weighted by Crippen LogP contribution is -2.46. The maximum atomic E-state index is 13.5.